The lowest BCUT2D eigenvalue weighted by molar-refractivity contribution is -0.147. The number of amides is 3. The maximum Gasteiger partial charge on any atom is 0.255 e. The molecule has 35 heavy (non-hydrogen) atoms. The van der Waals surface area contributed by atoms with Crippen molar-refractivity contribution in [2.24, 2.45) is 11.8 Å². The van der Waals surface area contributed by atoms with Crippen molar-refractivity contribution in [3.8, 4) is 0 Å². The molecule has 2 heterocycles. The van der Waals surface area contributed by atoms with Gasteiger partial charge in [0, 0.05) is 16.2 Å². The number of imide groups is 1. The molecule has 5 nitrogen and oxygen atoms in total. The van der Waals surface area contributed by atoms with E-state index in [1.165, 1.54) is 4.90 Å². The topological polar surface area (TPSA) is 57.7 Å². The number of rotatable bonds is 4. The van der Waals surface area contributed by atoms with E-state index in [0.717, 1.165) is 52.4 Å². The first-order valence-corrected chi connectivity index (χ1v) is 13.1. The normalized spacial score (nSPS) is 21.8. The van der Waals surface area contributed by atoms with Crippen molar-refractivity contribution in [3.63, 3.8) is 0 Å². The van der Waals surface area contributed by atoms with Gasteiger partial charge in [0.1, 0.15) is 6.04 Å². The van der Waals surface area contributed by atoms with Gasteiger partial charge in [-0.05, 0) is 42.7 Å². The van der Waals surface area contributed by atoms with Gasteiger partial charge in [0.2, 0.25) is 11.8 Å². The molecule has 0 unspecified atom stereocenters. The molecule has 0 bridgehead atoms. The number of nitrogens with zero attached hydrogens (tertiary/aromatic N) is 2. The fraction of sp³-hybridized carbons (Fsp3) is 0.276. The molecule has 6 rings (SSSR count). The van der Waals surface area contributed by atoms with Crippen LogP contribution in [-0.2, 0) is 20.8 Å². The second-order valence-corrected chi connectivity index (χ2v) is 10.5. The molecule has 3 atom stereocenters. The monoisotopic (exact) mass is 482 g/mol. The van der Waals surface area contributed by atoms with Gasteiger partial charge in [-0.3, -0.25) is 24.2 Å². The number of anilines is 2. The molecular formula is C29H26N2O3S. The van der Waals surface area contributed by atoms with Gasteiger partial charge in [0.15, 0.2) is 0 Å². The maximum atomic E-state index is 14.5. The highest BCUT2D eigenvalue weighted by Gasteiger charge is 2.52. The number of carbonyl (C=O) groups excluding carboxylic acids is 3. The Kier molecular flexibility index (Phi) is 5.69. The van der Waals surface area contributed by atoms with E-state index in [4.69, 9.17) is 0 Å². The Morgan fingerprint density at radius 1 is 0.771 bits per heavy atom. The predicted molar refractivity (Wildman–Crippen MR) is 135 cm³/mol. The lowest BCUT2D eigenvalue weighted by Gasteiger charge is -2.36. The minimum absolute atomic E-state index is 0.179. The molecule has 1 saturated carbocycles. The van der Waals surface area contributed by atoms with Gasteiger partial charge in [-0.2, -0.15) is 0 Å². The van der Waals surface area contributed by atoms with E-state index in [1.54, 1.807) is 16.7 Å². The third-order valence-corrected chi connectivity index (χ3v) is 8.53. The van der Waals surface area contributed by atoms with Crippen LogP contribution in [0, 0.1) is 11.8 Å². The molecule has 3 aliphatic rings. The summed E-state index contributed by atoms with van der Waals surface area (Å²) in [6, 6.07) is 24.4. The predicted octanol–water partition coefficient (Wildman–Crippen LogP) is 5.60. The molecule has 1 saturated heterocycles. The first-order chi connectivity index (χ1) is 17.1. The van der Waals surface area contributed by atoms with Gasteiger partial charge in [-0.15, -0.1) is 0 Å². The van der Waals surface area contributed by atoms with E-state index < -0.39 is 6.04 Å². The summed E-state index contributed by atoms with van der Waals surface area (Å²) in [5.74, 6) is -1.18. The average molecular weight is 483 g/mol. The standard InChI is InChI=1S/C29H26N2O3S/c32-27-20-12-4-5-13-21(20)28(33)31(27)24(18-19-10-2-1-3-11-19)29(34)30-22-14-6-8-16-25(22)35-26-17-9-7-15-23(26)30/h1-3,6-11,14-17,20-21,24H,4-5,12-13,18H2/t20-,21+,24-/m1/s1. The molecular weight excluding hydrogens is 456 g/mol. The van der Waals surface area contributed by atoms with Crippen LogP contribution in [0.3, 0.4) is 0 Å². The number of hydrogen-bond donors (Lipinski definition) is 0. The number of likely N-dealkylation sites (tertiary alicyclic amines) is 1. The second-order valence-electron chi connectivity index (χ2n) is 9.46. The first kappa shape index (κ1) is 22.1. The first-order valence-electron chi connectivity index (χ1n) is 12.2. The quantitative estimate of drug-likeness (QED) is 0.454. The highest BCUT2D eigenvalue weighted by molar-refractivity contribution is 7.99. The van der Waals surface area contributed by atoms with Crippen molar-refractivity contribution >= 4 is 40.9 Å². The van der Waals surface area contributed by atoms with Crippen LogP contribution >= 0.6 is 11.8 Å². The molecule has 6 heteroatoms. The SMILES string of the molecule is O=C([C@@H](Cc1ccccc1)N1C(=O)[C@H]2CCCC[C@H]2C1=O)N1c2ccccc2Sc2ccccc21. The van der Waals surface area contributed by atoms with E-state index in [0.29, 0.717) is 6.42 Å². The van der Waals surface area contributed by atoms with Gasteiger partial charge in [0.25, 0.3) is 5.91 Å². The van der Waals surface area contributed by atoms with Crippen molar-refractivity contribution in [2.75, 3.05) is 4.90 Å². The lowest BCUT2D eigenvalue weighted by atomic mass is 9.81. The average Bonchev–Trinajstić information content (AvgIpc) is 3.15. The number of hydrogen-bond acceptors (Lipinski definition) is 4. The highest BCUT2D eigenvalue weighted by Crippen LogP contribution is 2.49. The summed E-state index contributed by atoms with van der Waals surface area (Å²) >= 11 is 1.63. The fourth-order valence-electron chi connectivity index (χ4n) is 5.71. The Bertz CT molecular complexity index is 1240. The molecule has 0 spiro atoms. The fourth-order valence-corrected chi connectivity index (χ4v) is 6.77. The van der Waals surface area contributed by atoms with Crippen LogP contribution in [0.25, 0.3) is 0 Å². The Morgan fingerprint density at radius 3 is 1.86 bits per heavy atom. The van der Waals surface area contributed by atoms with E-state index in [-0.39, 0.29) is 29.6 Å². The summed E-state index contributed by atoms with van der Waals surface area (Å²) in [5.41, 5.74) is 2.50. The maximum absolute atomic E-state index is 14.5. The van der Waals surface area contributed by atoms with Crippen LogP contribution in [0.2, 0.25) is 0 Å². The van der Waals surface area contributed by atoms with Crippen molar-refractivity contribution in [3.05, 3.63) is 84.4 Å². The Hall–Kier alpha value is -3.38. The van der Waals surface area contributed by atoms with Crippen LogP contribution in [-0.4, -0.2) is 28.7 Å². The third-order valence-electron chi connectivity index (χ3n) is 7.40. The van der Waals surface area contributed by atoms with Crippen LogP contribution in [0.5, 0.6) is 0 Å². The molecule has 1 aliphatic carbocycles. The van der Waals surface area contributed by atoms with Crippen molar-refractivity contribution in [2.45, 2.75) is 47.9 Å². The minimum atomic E-state index is -0.896. The summed E-state index contributed by atoms with van der Waals surface area (Å²) in [4.78, 5) is 46.7. The third kappa shape index (κ3) is 3.76. The minimum Gasteiger partial charge on any atom is -0.277 e. The second kappa shape index (κ2) is 9.00. The zero-order chi connectivity index (χ0) is 23.9. The molecule has 0 aromatic heterocycles. The lowest BCUT2D eigenvalue weighted by Crippen LogP contribution is -2.52. The van der Waals surface area contributed by atoms with Gasteiger partial charge in [-0.1, -0.05) is 79.2 Å². The van der Waals surface area contributed by atoms with E-state index in [2.05, 4.69) is 0 Å². The summed E-state index contributed by atoms with van der Waals surface area (Å²) in [6.45, 7) is 0. The Labute approximate surface area is 209 Å². The van der Waals surface area contributed by atoms with Crippen LogP contribution in [0.15, 0.2) is 88.7 Å². The Morgan fingerprint density at radius 2 is 1.29 bits per heavy atom. The molecule has 0 radical (unpaired) electrons. The Balaban J connectivity index is 1.45. The van der Waals surface area contributed by atoms with E-state index in [9.17, 15) is 14.4 Å². The van der Waals surface area contributed by atoms with Gasteiger partial charge in [-0.25, -0.2) is 0 Å². The van der Waals surface area contributed by atoms with Crippen LogP contribution in [0.1, 0.15) is 31.2 Å². The molecule has 3 aromatic carbocycles. The summed E-state index contributed by atoms with van der Waals surface area (Å²) in [7, 11) is 0. The number of fused-ring (bicyclic) bond motifs is 3. The van der Waals surface area contributed by atoms with Crippen molar-refractivity contribution in [1.29, 1.82) is 0 Å². The van der Waals surface area contributed by atoms with E-state index in [1.807, 2.05) is 78.9 Å². The number of benzene rings is 3. The summed E-state index contributed by atoms with van der Waals surface area (Å²) < 4.78 is 0. The summed E-state index contributed by atoms with van der Waals surface area (Å²) in [6.07, 6.45) is 3.66. The molecule has 0 N–H and O–H groups in total. The largest absolute Gasteiger partial charge is 0.277 e. The van der Waals surface area contributed by atoms with Crippen LogP contribution < -0.4 is 4.90 Å². The zero-order valence-corrected chi connectivity index (χ0v) is 20.1. The number of para-hydroxylation sites is 2. The van der Waals surface area contributed by atoms with E-state index >= 15 is 0 Å². The van der Waals surface area contributed by atoms with Crippen LogP contribution in [0.4, 0.5) is 11.4 Å². The smallest absolute Gasteiger partial charge is 0.255 e. The number of carbonyl (C=O) groups is 3. The molecule has 3 aromatic rings. The highest BCUT2D eigenvalue weighted by atomic mass is 32.2. The van der Waals surface area contributed by atoms with Gasteiger partial charge in [0.05, 0.1) is 23.2 Å². The van der Waals surface area contributed by atoms with Gasteiger partial charge < -0.3 is 0 Å². The molecule has 176 valence electrons. The van der Waals surface area contributed by atoms with Crippen molar-refractivity contribution < 1.29 is 14.4 Å². The molecule has 2 fully saturated rings. The van der Waals surface area contributed by atoms with Crippen molar-refractivity contribution in [1.82, 2.24) is 4.90 Å². The van der Waals surface area contributed by atoms with Gasteiger partial charge >= 0.3 is 0 Å². The molecule has 3 amide bonds. The summed E-state index contributed by atoms with van der Waals surface area (Å²) in [5, 5.41) is 0. The molecule has 2 aliphatic heterocycles. The zero-order valence-electron chi connectivity index (χ0n) is 19.3.